The number of ether oxygens (including phenoxy) is 3. The number of hydrazone groups is 1. The number of anilines is 1. The molecule has 0 fully saturated rings. The van der Waals surface area contributed by atoms with E-state index < -0.39 is 34.2 Å². The number of sulfonamides is 1. The quantitative estimate of drug-likeness (QED) is 0.125. The average molecular weight is 608 g/mol. The molecule has 0 atom stereocenters. The SMILES string of the molecule is COC(=O)Oc1ccc(/C=N\NC(=O)CN(c2c(C)n(C)n(-c3ccccc3)c2=O)S(=O)(=O)c2ccccc2)cc1OC. The molecule has 1 aromatic heterocycles. The molecule has 4 rings (SSSR count). The van der Waals surface area contributed by atoms with Crippen LogP contribution in [0.1, 0.15) is 11.3 Å². The van der Waals surface area contributed by atoms with E-state index in [4.69, 9.17) is 9.47 Å². The van der Waals surface area contributed by atoms with E-state index >= 15 is 0 Å². The molecule has 1 heterocycles. The van der Waals surface area contributed by atoms with Gasteiger partial charge in [0.2, 0.25) is 0 Å². The summed E-state index contributed by atoms with van der Waals surface area (Å²) in [4.78, 5) is 38.1. The summed E-state index contributed by atoms with van der Waals surface area (Å²) in [7, 11) is -0.186. The third-order valence-corrected chi connectivity index (χ3v) is 8.10. The van der Waals surface area contributed by atoms with E-state index in [-0.39, 0.29) is 22.1 Å². The molecule has 0 bridgehead atoms. The molecular formula is C29H29N5O8S. The van der Waals surface area contributed by atoms with Gasteiger partial charge >= 0.3 is 6.16 Å². The van der Waals surface area contributed by atoms with Gasteiger partial charge in [-0.1, -0.05) is 36.4 Å². The summed E-state index contributed by atoms with van der Waals surface area (Å²) in [5.74, 6) is -0.492. The van der Waals surface area contributed by atoms with Crippen molar-refractivity contribution in [1.82, 2.24) is 14.8 Å². The first-order valence-corrected chi connectivity index (χ1v) is 14.2. The van der Waals surface area contributed by atoms with Crippen LogP contribution >= 0.6 is 0 Å². The zero-order valence-electron chi connectivity index (χ0n) is 23.8. The molecule has 0 saturated carbocycles. The van der Waals surface area contributed by atoms with Gasteiger partial charge in [-0.25, -0.2) is 27.6 Å². The van der Waals surface area contributed by atoms with Crippen molar-refractivity contribution in [2.24, 2.45) is 12.1 Å². The number of carbonyl (C=O) groups is 2. The molecule has 1 amide bonds. The molecule has 4 aromatic rings. The topological polar surface area (TPSA) is 151 Å². The van der Waals surface area contributed by atoms with E-state index in [2.05, 4.69) is 15.3 Å². The first-order chi connectivity index (χ1) is 20.6. The van der Waals surface area contributed by atoms with Crippen LogP contribution in [0.5, 0.6) is 11.5 Å². The van der Waals surface area contributed by atoms with Crippen LogP contribution in [-0.4, -0.2) is 56.8 Å². The van der Waals surface area contributed by atoms with Crippen LogP contribution in [0.3, 0.4) is 0 Å². The van der Waals surface area contributed by atoms with Gasteiger partial charge in [0.05, 0.1) is 36.7 Å². The Bertz CT molecular complexity index is 1820. The minimum absolute atomic E-state index is 0.0958. The molecule has 3 aromatic carbocycles. The van der Waals surface area contributed by atoms with Crippen molar-refractivity contribution in [1.29, 1.82) is 0 Å². The molecular weight excluding hydrogens is 578 g/mol. The Morgan fingerprint density at radius 2 is 1.63 bits per heavy atom. The number of benzene rings is 3. The molecule has 0 radical (unpaired) electrons. The lowest BCUT2D eigenvalue weighted by Gasteiger charge is -2.22. The lowest BCUT2D eigenvalue weighted by molar-refractivity contribution is -0.119. The molecule has 1 N–H and O–H groups in total. The first-order valence-electron chi connectivity index (χ1n) is 12.8. The number of hydrogen-bond acceptors (Lipinski definition) is 9. The number of aromatic nitrogens is 2. The summed E-state index contributed by atoms with van der Waals surface area (Å²) in [6, 6.07) is 20.7. The maximum absolute atomic E-state index is 13.8. The molecule has 43 heavy (non-hydrogen) atoms. The molecule has 0 aliphatic carbocycles. The highest BCUT2D eigenvalue weighted by Gasteiger charge is 2.33. The second-order valence-electron chi connectivity index (χ2n) is 8.99. The van der Waals surface area contributed by atoms with E-state index in [1.54, 1.807) is 68.6 Å². The van der Waals surface area contributed by atoms with E-state index in [9.17, 15) is 22.8 Å². The zero-order chi connectivity index (χ0) is 31.1. The van der Waals surface area contributed by atoms with Gasteiger partial charge in [-0.2, -0.15) is 5.10 Å². The highest BCUT2D eigenvalue weighted by molar-refractivity contribution is 7.92. The predicted octanol–water partition coefficient (Wildman–Crippen LogP) is 2.98. The maximum atomic E-state index is 13.8. The predicted molar refractivity (Wildman–Crippen MR) is 158 cm³/mol. The van der Waals surface area contributed by atoms with E-state index in [0.717, 1.165) is 4.31 Å². The Morgan fingerprint density at radius 3 is 2.26 bits per heavy atom. The number of nitrogens with one attached hydrogen (secondary N) is 1. The maximum Gasteiger partial charge on any atom is 0.513 e. The number of carbonyl (C=O) groups excluding carboxylic acids is 2. The fraction of sp³-hybridized carbons (Fsp3) is 0.172. The van der Waals surface area contributed by atoms with E-state index in [1.165, 1.54) is 54.1 Å². The Morgan fingerprint density at radius 1 is 0.977 bits per heavy atom. The lowest BCUT2D eigenvalue weighted by Crippen LogP contribution is -2.42. The second-order valence-corrected chi connectivity index (χ2v) is 10.9. The van der Waals surface area contributed by atoms with Gasteiger partial charge in [0.15, 0.2) is 11.5 Å². The van der Waals surface area contributed by atoms with Crippen molar-refractivity contribution in [3.05, 3.63) is 100 Å². The minimum Gasteiger partial charge on any atom is -0.493 e. The average Bonchev–Trinajstić information content (AvgIpc) is 3.23. The summed E-state index contributed by atoms with van der Waals surface area (Å²) in [5, 5.41) is 3.92. The summed E-state index contributed by atoms with van der Waals surface area (Å²) in [6.07, 6.45) is 0.361. The third kappa shape index (κ3) is 6.59. The monoisotopic (exact) mass is 607 g/mol. The van der Waals surface area contributed by atoms with Crippen LogP contribution in [-0.2, 0) is 26.6 Å². The first kappa shape index (κ1) is 30.6. The van der Waals surface area contributed by atoms with Gasteiger partial charge in [0.1, 0.15) is 12.2 Å². The van der Waals surface area contributed by atoms with Crippen LogP contribution in [0, 0.1) is 6.92 Å². The van der Waals surface area contributed by atoms with Crippen molar-refractivity contribution in [2.45, 2.75) is 11.8 Å². The minimum atomic E-state index is -4.36. The van der Waals surface area contributed by atoms with Gasteiger partial charge in [0.25, 0.3) is 21.5 Å². The molecule has 0 saturated heterocycles. The number of hydrogen-bond donors (Lipinski definition) is 1. The molecule has 0 aliphatic rings. The lowest BCUT2D eigenvalue weighted by atomic mass is 10.2. The summed E-state index contributed by atoms with van der Waals surface area (Å²) >= 11 is 0. The summed E-state index contributed by atoms with van der Waals surface area (Å²) in [6.45, 7) is 0.861. The highest BCUT2D eigenvalue weighted by Crippen LogP contribution is 2.28. The van der Waals surface area contributed by atoms with Crippen molar-refractivity contribution in [3.63, 3.8) is 0 Å². The Hall–Kier alpha value is -5.37. The standard InChI is InChI=1S/C29H29N5O8S/c1-20-27(28(36)34(32(20)2)22-11-7-5-8-12-22)33(43(38,39)23-13-9-6-10-14-23)19-26(35)31-30-18-21-15-16-24(25(17-21)40-3)42-29(37)41-4/h5-18H,19H2,1-4H3,(H,31,35)/b30-18-. The number of methoxy groups -OCH3 is 2. The summed E-state index contributed by atoms with van der Waals surface area (Å²) < 4.78 is 46.0. The normalized spacial score (nSPS) is 11.3. The van der Waals surface area contributed by atoms with Crippen LogP contribution < -0.4 is 24.8 Å². The van der Waals surface area contributed by atoms with Crippen LogP contribution in [0.25, 0.3) is 5.69 Å². The van der Waals surface area contributed by atoms with Crippen LogP contribution in [0.15, 0.2) is 93.7 Å². The third-order valence-electron chi connectivity index (χ3n) is 6.34. The van der Waals surface area contributed by atoms with Crippen molar-refractivity contribution < 1.29 is 32.2 Å². The smallest absolute Gasteiger partial charge is 0.493 e. The second kappa shape index (κ2) is 13.1. The number of rotatable bonds is 10. The molecule has 0 spiro atoms. The van der Waals surface area contributed by atoms with Gasteiger partial charge < -0.3 is 14.2 Å². The van der Waals surface area contributed by atoms with Crippen molar-refractivity contribution >= 4 is 34.0 Å². The van der Waals surface area contributed by atoms with E-state index in [1.807, 2.05) is 0 Å². The molecule has 0 aliphatic heterocycles. The Kier molecular flexibility index (Phi) is 9.30. The van der Waals surface area contributed by atoms with Gasteiger partial charge in [-0.05, 0) is 55.0 Å². The molecule has 13 nitrogen and oxygen atoms in total. The summed E-state index contributed by atoms with van der Waals surface area (Å²) in [5.41, 5.74) is 2.81. The van der Waals surface area contributed by atoms with Gasteiger partial charge in [0, 0.05) is 7.05 Å². The Balaban J connectivity index is 1.65. The van der Waals surface area contributed by atoms with Gasteiger partial charge in [-0.3, -0.25) is 14.3 Å². The fourth-order valence-electron chi connectivity index (χ4n) is 4.17. The number of nitrogens with zero attached hydrogens (tertiary/aromatic N) is 4. The molecule has 224 valence electrons. The number of amides is 1. The molecule has 0 unspecified atom stereocenters. The van der Waals surface area contributed by atoms with Crippen molar-refractivity contribution in [2.75, 3.05) is 25.1 Å². The fourth-order valence-corrected chi connectivity index (χ4v) is 5.66. The molecule has 14 heteroatoms. The van der Waals surface area contributed by atoms with Crippen molar-refractivity contribution in [3.8, 4) is 17.2 Å². The van der Waals surface area contributed by atoms with E-state index in [0.29, 0.717) is 16.9 Å². The largest absolute Gasteiger partial charge is 0.513 e. The zero-order valence-corrected chi connectivity index (χ0v) is 24.6. The van der Waals surface area contributed by atoms with Crippen LogP contribution in [0.4, 0.5) is 10.5 Å². The van der Waals surface area contributed by atoms with Crippen LogP contribution in [0.2, 0.25) is 0 Å². The highest BCUT2D eigenvalue weighted by atomic mass is 32.2. The Labute approximate surface area is 247 Å². The number of para-hydroxylation sites is 1. The van der Waals surface area contributed by atoms with Gasteiger partial charge in [-0.15, -0.1) is 0 Å².